The fourth-order valence-corrected chi connectivity index (χ4v) is 4.37. The van der Waals surface area contributed by atoms with E-state index in [0.717, 1.165) is 16.3 Å². The van der Waals surface area contributed by atoms with Crippen molar-refractivity contribution in [3.05, 3.63) is 70.6 Å². The lowest BCUT2D eigenvalue weighted by Gasteiger charge is -2.17. The number of anilines is 2. The first-order valence-corrected chi connectivity index (χ1v) is 12.1. The quantitative estimate of drug-likeness (QED) is 0.467. The highest BCUT2D eigenvalue weighted by molar-refractivity contribution is 8.00. The van der Waals surface area contributed by atoms with E-state index in [0.29, 0.717) is 12.1 Å². The molecule has 2 N–H and O–H groups in total. The number of nitrogens with one attached hydrogen (secondary N) is 2. The van der Waals surface area contributed by atoms with Crippen molar-refractivity contribution in [2.24, 2.45) is 12.5 Å². The first-order valence-electron chi connectivity index (χ1n) is 11.2. The van der Waals surface area contributed by atoms with Crippen molar-refractivity contribution in [2.45, 2.75) is 51.2 Å². The number of hydrogen-bond donors (Lipinski definition) is 2. The van der Waals surface area contributed by atoms with E-state index in [1.165, 1.54) is 16.4 Å². The summed E-state index contributed by atoms with van der Waals surface area (Å²) in [5, 5.41) is 5.29. The van der Waals surface area contributed by atoms with Crippen molar-refractivity contribution in [3.8, 4) is 5.69 Å². The monoisotopic (exact) mass is 480 g/mol. The second-order valence-corrected chi connectivity index (χ2v) is 10.9. The van der Waals surface area contributed by atoms with Crippen LogP contribution < -0.4 is 16.2 Å². The molecule has 1 unspecified atom stereocenters. The Morgan fingerprint density at radius 1 is 1.00 bits per heavy atom. The molecule has 1 atom stereocenters. The summed E-state index contributed by atoms with van der Waals surface area (Å²) in [6.07, 6.45) is 0.436. The van der Waals surface area contributed by atoms with Gasteiger partial charge < -0.3 is 10.6 Å². The molecule has 0 aliphatic heterocycles. The van der Waals surface area contributed by atoms with Gasteiger partial charge in [0.15, 0.2) is 0 Å². The Balaban J connectivity index is 1.66. The number of rotatable bonds is 7. The van der Waals surface area contributed by atoms with Crippen molar-refractivity contribution in [1.29, 1.82) is 0 Å². The van der Waals surface area contributed by atoms with Crippen molar-refractivity contribution in [3.63, 3.8) is 0 Å². The fourth-order valence-electron chi connectivity index (χ4n) is 3.50. The molecule has 0 fully saturated rings. The van der Waals surface area contributed by atoms with Gasteiger partial charge >= 0.3 is 0 Å². The number of carbonyl (C=O) groups is 2. The number of carbonyl (C=O) groups excluding carboxylic acids is 2. The molecule has 0 spiro atoms. The highest BCUT2D eigenvalue weighted by atomic mass is 32.2. The topological polar surface area (TPSA) is 85.1 Å². The predicted octanol–water partition coefficient (Wildman–Crippen LogP) is 4.98. The Morgan fingerprint density at radius 3 is 2.21 bits per heavy atom. The summed E-state index contributed by atoms with van der Waals surface area (Å²) < 4.78 is 3.27. The molecule has 34 heavy (non-hydrogen) atoms. The van der Waals surface area contributed by atoms with E-state index in [9.17, 15) is 14.4 Å². The van der Waals surface area contributed by atoms with E-state index >= 15 is 0 Å². The molecule has 3 rings (SSSR count). The molecular formula is C26H32N4O3S. The zero-order chi connectivity index (χ0) is 25.0. The molecule has 8 heteroatoms. The first kappa shape index (κ1) is 25.4. The number of aromatic nitrogens is 2. The summed E-state index contributed by atoms with van der Waals surface area (Å²) in [7, 11) is 1.79. The van der Waals surface area contributed by atoms with Crippen LogP contribution in [0.1, 0.15) is 39.8 Å². The molecule has 180 valence electrons. The highest BCUT2D eigenvalue weighted by Crippen LogP contribution is 2.26. The van der Waals surface area contributed by atoms with Gasteiger partial charge in [0.1, 0.15) is 5.69 Å². The van der Waals surface area contributed by atoms with Crippen LogP contribution in [0.4, 0.5) is 11.4 Å². The van der Waals surface area contributed by atoms with Crippen LogP contribution >= 0.6 is 11.8 Å². The molecule has 2 amide bonds. The van der Waals surface area contributed by atoms with Gasteiger partial charge in [0, 0.05) is 24.1 Å². The Hall–Kier alpha value is -3.26. The minimum Gasteiger partial charge on any atom is -0.326 e. The second kappa shape index (κ2) is 10.3. The van der Waals surface area contributed by atoms with Crippen LogP contribution in [-0.4, -0.2) is 26.4 Å². The zero-order valence-corrected chi connectivity index (χ0v) is 21.3. The Labute approximate surface area is 204 Å². The molecule has 0 radical (unpaired) electrons. The number of nitrogens with zero attached hydrogens (tertiary/aromatic N) is 2. The maximum absolute atomic E-state index is 13.0. The average Bonchev–Trinajstić information content (AvgIpc) is 2.97. The van der Waals surface area contributed by atoms with Gasteiger partial charge in [0.25, 0.3) is 5.56 Å². The third-order valence-electron chi connectivity index (χ3n) is 5.31. The minimum absolute atomic E-state index is 0.0277. The number of thioether (sulfide) groups is 1. The van der Waals surface area contributed by atoms with Gasteiger partial charge in [-0.15, -0.1) is 11.8 Å². The van der Waals surface area contributed by atoms with Crippen molar-refractivity contribution < 1.29 is 9.59 Å². The lowest BCUT2D eigenvalue weighted by molar-refractivity contribution is -0.118. The number of amides is 2. The first-order chi connectivity index (χ1) is 16.0. The van der Waals surface area contributed by atoms with Crippen molar-refractivity contribution >= 4 is 35.0 Å². The van der Waals surface area contributed by atoms with Gasteiger partial charge in [-0.05, 0) is 55.7 Å². The van der Waals surface area contributed by atoms with Crippen LogP contribution in [0.15, 0.2) is 64.3 Å². The molecule has 0 bridgehead atoms. The van der Waals surface area contributed by atoms with Crippen LogP contribution in [0, 0.1) is 12.3 Å². The van der Waals surface area contributed by atoms with E-state index < -0.39 is 5.25 Å². The lowest BCUT2D eigenvalue weighted by atomic mass is 9.92. The molecule has 1 heterocycles. The Kier molecular flexibility index (Phi) is 7.71. The summed E-state index contributed by atoms with van der Waals surface area (Å²) in [4.78, 5) is 38.9. The highest BCUT2D eigenvalue weighted by Gasteiger charge is 2.22. The largest absolute Gasteiger partial charge is 0.326 e. The van der Waals surface area contributed by atoms with E-state index in [1.807, 2.05) is 75.4 Å². The van der Waals surface area contributed by atoms with Gasteiger partial charge in [-0.25, -0.2) is 4.68 Å². The molecule has 2 aromatic carbocycles. The van der Waals surface area contributed by atoms with E-state index in [2.05, 4.69) is 10.6 Å². The van der Waals surface area contributed by atoms with Crippen LogP contribution in [0.25, 0.3) is 5.69 Å². The third kappa shape index (κ3) is 6.20. The molecule has 0 saturated carbocycles. The molecule has 3 aromatic rings. The van der Waals surface area contributed by atoms with Gasteiger partial charge in [-0.2, -0.15) is 0 Å². The molecule has 1 aromatic heterocycles. The zero-order valence-electron chi connectivity index (χ0n) is 20.5. The summed E-state index contributed by atoms with van der Waals surface area (Å²) in [5.74, 6) is -0.279. The Bertz CT molecular complexity index is 1220. The second-order valence-electron chi connectivity index (χ2n) is 9.50. The predicted molar refractivity (Wildman–Crippen MR) is 139 cm³/mol. The molecule has 0 saturated heterocycles. The normalized spacial score (nSPS) is 12.3. The third-order valence-corrected chi connectivity index (χ3v) is 6.43. The van der Waals surface area contributed by atoms with Gasteiger partial charge in [-0.3, -0.25) is 19.1 Å². The van der Waals surface area contributed by atoms with E-state index in [-0.39, 0.29) is 28.5 Å². The number of benzene rings is 2. The summed E-state index contributed by atoms with van der Waals surface area (Å²) in [6, 6.07) is 16.7. The molecule has 0 aliphatic carbocycles. The van der Waals surface area contributed by atoms with Crippen LogP contribution in [-0.2, 0) is 16.6 Å². The average molecular weight is 481 g/mol. The van der Waals surface area contributed by atoms with Gasteiger partial charge in [-0.1, -0.05) is 39.0 Å². The Morgan fingerprint density at radius 2 is 1.62 bits per heavy atom. The number of hydrogen-bond acceptors (Lipinski definition) is 4. The van der Waals surface area contributed by atoms with Gasteiger partial charge in [0.2, 0.25) is 11.8 Å². The standard InChI is InChI=1S/C26H32N4O3S/c1-17-23(25(33)30(29(17)6)20-10-8-7-9-11-20)28-24(32)18(2)34-21-14-12-19(13-15-21)27-22(31)16-26(3,4)5/h7-15,18H,16H2,1-6H3,(H,27,31)(H,28,32). The van der Waals surface area contributed by atoms with E-state index in [1.54, 1.807) is 25.6 Å². The number of para-hydroxylation sites is 1. The van der Waals surface area contributed by atoms with Crippen LogP contribution in [0.3, 0.4) is 0 Å². The van der Waals surface area contributed by atoms with Gasteiger partial charge in [0.05, 0.1) is 16.6 Å². The lowest BCUT2D eigenvalue weighted by Crippen LogP contribution is -2.27. The maximum Gasteiger partial charge on any atom is 0.295 e. The molecule has 7 nitrogen and oxygen atoms in total. The minimum atomic E-state index is -0.425. The van der Waals surface area contributed by atoms with Crippen LogP contribution in [0.5, 0.6) is 0 Å². The van der Waals surface area contributed by atoms with Crippen LogP contribution in [0.2, 0.25) is 0 Å². The summed E-state index contributed by atoms with van der Waals surface area (Å²) >= 11 is 1.39. The van der Waals surface area contributed by atoms with Crippen molar-refractivity contribution in [1.82, 2.24) is 9.36 Å². The smallest absolute Gasteiger partial charge is 0.295 e. The summed E-state index contributed by atoms with van der Waals surface area (Å²) in [6.45, 7) is 9.67. The molecular weight excluding hydrogens is 448 g/mol. The van der Waals surface area contributed by atoms with E-state index in [4.69, 9.17) is 0 Å². The SMILES string of the molecule is Cc1c(NC(=O)C(C)Sc2ccc(NC(=O)CC(C)(C)C)cc2)c(=O)n(-c2ccccc2)n1C. The molecule has 0 aliphatic rings. The fraction of sp³-hybridized carbons (Fsp3) is 0.346. The maximum atomic E-state index is 13.0. The van der Waals surface area contributed by atoms with Crippen molar-refractivity contribution in [2.75, 3.05) is 10.6 Å². The summed E-state index contributed by atoms with van der Waals surface area (Å²) in [5.41, 5.74) is 2.06.